The third-order valence-electron chi connectivity index (χ3n) is 3.68. The van der Waals surface area contributed by atoms with Gasteiger partial charge in [0.15, 0.2) is 0 Å². The number of nitrogens with one attached hydrogen (secondary N) is 1. The summed E-state index contributed by atoms with van der Waals surface area (Å²) in [6.45, 7) is 2.74. The fourth-order valence-corrected chi connectivity index (χ4v) is 2.06. The van der Waals surface area contributed by atoms with Crippen LogP contribution in [0.5, 0.6) is 0 Å². The minimum absolute atomic E-state index is 0.125. The van der Waals surface area contributed by atoms with Crippen LogP contribution in [0.2, 0.25) is 0 Å². The number of nitrogens with zero attached hydrogens (tertiary/aromatic N) is 4. The summed E-state index contributed by atoms with van der Waals surface area (Å²) in [4.78, 5) is 36.1. The molecule has 2 heterocycles. The first-order chi connectivity index (χ1) is 10.0. The van der Waals surface area contributed by atoms with E-state index in [-0.39, 0.29) is 11.6 Å². The smallest absolute Gasteiger partial charge is 0.314 e. The highest BCUT2D eigenvalue weighted by Gasteiger charge is 2.13. The zero-order chi connectivity index (χ0) is 15.4. The normalized spacial score (nSPS) is 12.6. The highest BCUT2D eigenvalue weighted by atomic mass is 16.2. The van der Waals surface area contributed by atoms with Crippen LogP contribution in [0.1, 0.15) is 24.2 Å². The molecule has 21 heavy (non-hydrogen) atoms. The molecule has 0 fully saturated rings. The summed E-state index contributed by atoms with van der Waals surface area (Å²) in [5, 5.41) is 0. The molecule has 2 aromatic rings. The maximum Gasteiger partial charge on any atom is 0.328 e. The fourth-order valence-electron chi connectivity index (χ4n) is 2.06. The largest absolute Gasteiger partial charge is 0.328 e. The molecule has 1 atom stereocenters. The van der Waals surface area contributed by atoms with Crippen molar-refractivity contribution in [2.45, 2.75) is 19.4 Å². The summed E-state index contributed by atoms with van der Waals surface area (Å²) < 4.78 is 1.09. The van der Waals surface area contributed by atoms with Crippen molar-refractivity contribution in [1.82, 2.24) is 24.4 Å². The standard InChI is InChI=1S/C14H19N5O2/c1-10(12-4-6-15-9-17-12)18(2)7-5-11-8-16-14(21)19(3)13(11)20/h4,6,8-10H,5,7H2,1-3H3,(H,16,21). The summed E-state index contributed by atoms with van der Waals surface area (Å²) in [5.74, 6) is 0. The number of H-pyrrole nitrogens is 1. The van der Waals surface area contributed by atoms with E-state index in [0.29, 0.717) is 18.5 Å². The Labute approximate surface area is 122 Å². The van der Waals surface area contributed by atoms with Crippen LogP contribution in [0.15, 0.2) is 34.4 Å². The van der Waals surface area contributed by atoms with Crippen LogP contribution in [0.4, 0.5) is 0 Å². The summed E-state index contributed by atoms with van der Waals surface area (Å²) in [6, 6.07) is 2.00. The molecule has 0 aliphatic heterocycles. The van der Waals surface area contributed by atoms with Gasteiger partial charge in [-0.25, -0.2) is 14.8 Å². The number of likely N-dealkylation sites (N-methyl/N-ethyl adjacent to an activating group) is 1. The predicted molar refractivity (Wildman–Crippen MR) is 79.1 cm³/mol. The van der Waals surface area contributed by atoms with Gasteiger partial charge in [-0.15, -0.1) is 0 Å². The summed E-state index contributed by atoms with van der Waals surface area (Å²) in [5.41, 5.74) is 0.883. The van der Waals surface area contributed by atoms with Gasteiger partial charge >= 0.3 is 5.69 Å². The van der Waals surface area contributed by atoms with Crippen LogP contribution in [0.3, 0.4) is 0 Å². The van der Waals surface area contributed by atoms with E-state index in [1.165, 1.54) is 19.6 Å². The second-order valence-corrected chi connectivity index (χ2v) is 5.02. The Bertz CT molecular complexity index is 707. The molecule has 0 aliphatic rings. The molecule has 0 spiro atoms. The molecule has 0 radical (unpaired) electrons. The first-order valence-electron chi connectivity index (χ1n) is 6.74. The molecule has 0 aliphatic carbocycles. The van der Waals surface area contributed by atoms with Crippen molar-refractivity contribution in [3.05, 3.63) is 56.9 Å². The summed E-state index contributed by atoms with van der Waals surface area (Å²) >= 11 is 0. The van der Waals surface area contributed by atoms with E-state index in [1.54, 1.807) is 6.20 Å². The number of hydrogen-bond acceptors (Lipinski definition) is 5. The highest BCUT2D eigenvalue weighted by Crippen LogP contribution is 2.15. The molecule has 2 rings (SSSR count). The Morgan fingerprint density at radius 1 is 1.43 bits per heavy atom. The lowest BCUT2D eigenvalue weighted by Gasteiger charge is -2.23. The third-order valence-corrected chi connectivity index (χ3v) is 3.68. The lowest BCUT2D eigenvalue weighted by atomic mass is 10.1. The van der Waals surface area contributed by atoms with Gasteiger partial charge in [-0.1, -0.05) is 0 Å². The molecule has 7 nitrogen and oxygen atoms in total. The number of hydrogen-bond donors (Lipinski definition) is 1. The quantitative estimate of drug-likeness (QED) is 0.844. The zero-order valence-electron chi connectivity index (χ0n) is 12.4. The van der Waals surface area contributed by atoms with Gasteiger partial charge in [0.1, 0.15) is 6.33 Å². The van der Waals surface area contributed by atoms with Gasteiger partial charge in [-0.2, -0.15) is 0 Å². The number of aromatic nitrogens is 4. The first-order valence-corrected chi connectivity index (χ1v) is 6.74. The van der Waals surface area contributed by atoms with Crippen molar-refractivity contribution in [3.8, 4) is 0 Å². The average Bonchev–Trinajstić information content (AvgIpc) is 2.52. The van der Waals surface area contributed by atoms with Crippen LogP contribution < -0.4 is 11.2 Å². The molecular formula is C14H19N5O2. The Morgan fingerprint density at radius 3 is 2.86 bits per heavy atom. The summed E-state index contributed by atoms with van der Waals surface area (Å²) in [7, 11) is 3.45. The molecule has 0 saturated carbocycles. The molecule has 112 valence electrons. The SMILES string of the molecule is CC(c1ccncn1)N(C)CCc1c[nH]c(=O)n(C)c1=O. The Balaban J connectivity index is 2.05. The molecule has 0 aromatic carbocycles. The van der Waals surface area contributed by atoms with Gasteiger partial charge in [0.05, 0.1) is 5.69 Å². The minimum atomic E-state index is -0.397. The first kappa shape index (κ1) is 15.1. The van der Waals surface area contributed by atoms with Gasteiger partial charge in [-0.3, -0.25) is 14.3 Å². The lowest BCUT2D eigenvalue weighted by molar-refractivity contribution is 0.259. The van der Waals surface area contributed by atoms with Crippen molar-refractivity contribution >= 4 is 0 Å². The van der Waals surface area contributed by atoms with Crippen molar-refractivity contribution in [3.63, 3.8) is 0 Å². The van der Waals surface area contributed by atoms with Crippen molar-refractivity contribution in [2.75, 3.05) is 13.6 Å². The third kappa shape index (κ3) is 3.43. The van der Waals surface area contributed by atoms with Crippen molar-refractivity contribution in [1.29, 1.82) is 0 Å². The van der Waals surface area contributed by atoms with Crippen LogP contribution in [-0.4, -0.2) is 38.0 Å². The molecule has 7 heteroatoms. The van der Waals surface area contributed by atoms with Crippen molar-refractivity contribution in [2.24, 2.45) is 7.05 Å². The highest BCUT2D eigenvalue weighted by molar-refractivity contribution is 5.07. The van der Waals surface area contributed by atoms with Crippen LogP contribution >= 0.6 is 0 Å². The topological polar surface area (TPSA) is 83.9 Å². The van der Waals surface area contributed by atoms with E-state index in [1.807, 2.05) is 20.0 Å². The zero-order valence-corrected chi connectivity index (χ0v) is 12.4. The second kappa shape index (κ2) is 6.45. The van der Waals surface area contributed by atoms with Gasteiger partial charge < -0.3 is 4.98 Å². The van der Waals surface area contributed by atoms with Gasteiger partial charge in [0.25, 0.3) is 5.56 Å². The fraction of sp³-hybridized carbons (Fsp3) is 0.429. The predicted octanol–water partition coefficient (Wildman–Crippen LogP) is 0.0991. The van der Waals surface area contributed by atoms with E-state index in [9.17, 15) is 9.59 Å². The molecule has 2 aromatic heterocycles. The second-order valence-electron chi connectivity index (χ2n) is 5.02. The van der Waals surface area contributed by atoms with Crippen LogP contribution in [0.25, 0.3) is 0 Å². The van der Waals surface area contributed by atoms with E-state index in [4.69, 9.17) is 0 Å². The Hall–Kier alpha value is -2.28. The van der Waals surface area contributed by atoms with Gasteiger partial charge in [0.2, 0.25) is 0 Å². The van der Waals surface area contributed by atoms with Crippen LogP contribution in [0, 0.1) is 0 Å². The van der Waals surface area contributed by atoms with E-state index in [2.05, 4.69) is 19.9 Å². The molecule has 1 unspecified atom stereocenters. The molecular weight excluding hydrogens is 270 g/mol. The van der Waals surface area contributed by atoms with Crippen molar-refractivity contribution < 1.29 is 0 Å². The average molecular weight is 289 g/mol. The van der Waals surface area contributed by atoms with E-state index >= 15 is 0 Å². The Kier molecular flexibility index (Phi) is 4.64. The number of rotatable bonds is 5. The van der Waals surface area contributed by atoms with Gasteiger partial charge in [0, 0.05) is 37.6 Å². The minimum Gasteiger partial charge on any atom is -0.314 e. The molecule has 0 bridgehead atoms. The molecule has 0 saturated heterocycles. The molecule has 0 amide bonds. The Morgan fingerprint density at radius 2 is 2.19 bits per heavy atom. The van der Waals surface area contributed by atoms with E-state index < -0.39 is 5.69 Å². The monoisotopic (exact) mass is 289 g/mol. The lowest BCUT2D eigenvalue weighted by Crippen LogP contribution is -2.35. The van der Waals surface area contributed by atoms with Crippen LogP contribution in [-0.2, 0) is 13.5 Å². The molecule has 1 N–H and O–H groups in total. The van der Waals surface area contributed by atoms with Gasteiger partial charge in [-0.05, 0) is 26.5 Å². The van der Waals surface area contributed by atoms with E-state index in [0.717, 1.165) is 10.3 Å². The summed E-state index contributed by atoms with van der Waals surface area (Å²) in [6.07, 6.45) is 5.30. The number of aromatic amines is 1. The maximum absolute atomic E-state index is 11.9. The maximum atomic E-state index is 11.9.